The number of hydrogen-bond acceptors (Lipinski definition) is 3. The molecule has 0 aliphatic rings. The van der Waals surface area contributed by atoms with E-state index in [1.165, 1.54) is 5.56 Å². The van der Waals surface area contributed by atoms with E-state index in [0.717, 1.165) is 36.6 Å². The number of pyridine rings is 1. The van der Waals surface area contributed by atoms with Crippen molar-refractivity contribution in [2.24, 2.45) is 0 Å². The van der Waals surface area contributed by atoms with Crippen molar-refractivity contribution in [3.05, 3.63) is 59.4 Å². The number of rotatable bonds is 7. The van der Waals surface area contributed by atoms with Crippen LogP contribution in [0, 0.1) is 6.92 Å². The molecule has 0 saturated heterocycles. The van der Waals surface area contributed by atoms with Gasteiger partial charge in [-0.2, -0.15) is 0 Å². The zero-order valence-corrected chi connectivity index (χ0v) is 13.2. The van der Waals surface area contributed by atoms with Crippen LogP contribution >= 0.6 is 0 Å². The van der Waals surface area contributed by atoms with Crippen LogP contribution in [0.3, 0.4) is 0 Å². The molecule has 0 radical (unpaired) electrons. The Morgan fingerprint density at radius 3 is 2.71 bits per heavy atom. The lowest BCUT2D eigenvalue weighted by Crippen LogP contribution is -2.21. The molecule has 0 unspecified atom stereocenters. The van der Waals surface area contributed by atoms with E-state index in [0.29, 0.717) is 6.61 Å². The molecule has 0 bridgehead atoms. The van der Waals surface area contributed by atoms with Crippen LogP contribution in [0.1, 0.15) is 23.9 Å². The number of benzene rings is 1. The van der Waals surface area contributed by atoms with E-state index in [2.05, 4.69) is 47.3 Å². The summed E-state index contributed by atoms with van der Waals surface area (Å²) in [4.78, 5) is 6.86. The van der Waals surface area contributed by atoms with Gasteiger partial charge < -0.3 is 9.64 Å². The molecule has 112 valence electrons. The summed E-state index contributed by atoms with van der Waals surface area (Å²) < 4.78 is 5.54. The third-order valence-corrected chi connectivity index (χ3v) is 3.36. The first kappa shape index (κ1) is 15.5. The van der Waals surface area contributed by atoms with Crippen LogP contribution in [-0.4, -0.2) is 30.1 Å². The summed E-state index contributed by atoms with van der Waals surface area (Å²) in [5.41, 5.74) is 3.52. The highest BCUT2D eigenvalue weighted by molar-refractivity contribution is 5.28. The van der Waals surface area contributed by atoms with Crippen molar-refractivity contribution in [2.75, 3.05) is 20.2 Å². The average molecular weight is 284 g/mol. The monoisotopic (exact) mass is 284 g/mol. The van der Waals surface area contributed by atoms with Gasteiger partial charge in [-0.15, -0.1) is 0 Å². The molecular formula is C18H24N2O. The van der Waals surface area contributed by atoms with Gasteiger partial charge in [0.1, 0.15) is 5.75 Å². The molecule has 2 aromatic rings. The lowest BCUT2D eigenvalue weighted by Gasteiger charge is -2.17. The van der Waals surface area contributed by atoms with Crippen molar-refractivity contribution in [3.63, 3.8) is 0 Å². The normalized spacial score (nSPS) is 10.9. The molecule has 1 heterocycles. The minimum atomic E-state index is 0.707. The van der Waals surface area contributed by atoms with E-state index in [9.17, 15) is 0 Å². The minimum Gasteiger partial charge on any atom is -0.494 e. The van der Waals surface area contributed by atoms with E-state index in [-0.39, 0.29) is 0 Å². The molecule has 0 N–H and O–H groups in total. The van der Waals surface area contributed by atoms with Crippen molar-refractivity contribution in [3.8, 4) is 5.75 Å². The minimum absolute atomic E-state index is 0.707. The first-order chi connectivity index (χ1) is 10.2. The fourth-order valence-corrected chi connectivity index (χ4v) is 2.34. The molecule has 0 aliphatic heterocycles. The first-order valence-corrected chi connectivity index (χ1v) is 7.50. The zero-order chi connectivity index (χ0) is 15.1. The van der Waals surface area contributed by atoms with E-state index in [1.54, 1.807) is 0 Å². The summed E-state index contributed by atoms with van der Waals surface area (Å²) in [5.74, 6) is 0.948. The van der Waals surface area contributed by atoms with Crippen LogP contribution in [0.2, 0.25) is 0 Å². The molecule has 3 nitrogen and oxygen atoms in total. The molecule has 3 heteroatoms. The highest BCUT2D eigenvalue weighted by atomic mass is 16.5. The zero-order valence-electron chi connectivity index (χ0n) is 13.2. The second-order valence-electron chi connectivity index (χ2n) is 5.34. The van der Waals surface area contributed by atoms with Gasteiger partial charge in [0.2, 0.25) is 0 Å². The van der Waals surface area contributed by atoms with Crippen molar-refractivity contribution in [1.82, 2.24) is 9.88 Å². The quantitative estimate of drug-likeness (QED) is 0.778. The third-order valence-electron chi connectivity index (χ3n) is 3.36. The van der Waals surface area contributed by atoms with Crippen LogP contribution in [0.15, 0.2) is 42.5 Å². The number of nitrogens with zero attached hydrogens (tertiary/aromatic N) is 2. The number of hydrogen-bond donors (Lipinski definition) is 0. The molecule has 0 atom stereocenters. The van der Waals surface area contributed by atoms with Gasteiger partial charge in [0, 0.05) is 30.9 Å². The number of aromatic nitrogens is 1. The maximum Gasteiger partial charge on any atom is 0.119 e. The Kier molecular flexibility index (Phi) is 5.76. The molecule has 2 rings (SSSR count). The van der Waals surface area contributed by atoms with E-state index < -0.39 is 0 Å². The van der Waals surface area contributed by atoms with Crippen molar-refractivity contribution >= 4 is 0 Å². The van der Waals surface area contributed by atoms with Crippen LogP contribution < -0.4 is 4.74 Å². The Morgan fingerprint density at radius 1 is 1.14 bits per heavy atom. The molecule has 0 fully saturated rings. The molecule has 21 heavy (non-hydrogen) atoms. The molecule has 1 aromatic heterocycles. The summed E-state index contributed by atoms with van der Waals surface area (Å²) in [6.07, 6.45) is 0.976. The Labute approximate surface area is 127 Å². The van der Waals surface area contributed by atoms with Gasteiger partial charge >= 0.3 is 0 Å². The van der Waals surface area contributed by atoms with Gasteiger partial charge in [-0.3, -0.25) is 4.98 Å². The summed E-state index contributed by atoms with van der Waals surface area (Å²) >= 11 is 0. The predicted octanol–water partition coefficient (Wildman–Crippen LogP) is 3.46. The molecular weight excluding hydrogens is 260 g/mol. The SMILES string of the molecule is CCOc1cccc(CN(C)CCc2cccc(C)n2)c1. The van der Waals surface area contributed by atoms with Crippen LogP contribution in [0.5, 0.6) is 5.75 Å². The maximum absolute atomic E-state index is 5.54. The number of ether oxygens (including phenoxy) is 1. The summed E-state index contributed by atoms with van der Waals surface area (Å²) in [7, 11) is 2.14. The largest absolute Gasteiger partial charge is 0.494 e. The fraction of sp³-hybridized carbons (Fsp3) is 0.389. The van der Waals surface area contributed by atoms with Gasteiger partial charge in [-0.25, -0.2) is 0 Å². The molecule has 0 aliphatic carbocycles. The van der Waals surface area contributed by atoms with Crippen LogP contribution in [0.4, 0.5) is 0 Å². The smallest absolute Gasteiger partial charge is 0.119 e. The number of aryl methyl sites for hydroxylation is 1. The Balaban J connectivity index is 1.86. The molecule has 0 saturated carbocycles. The van der Waals surface area contributed by atoms with Crippen LogP contribution in [-0.2, 0) is 13.0 Å². The summed E-state index contributed by atoms with van der Waals surface area (Å²) in [6, 6.07) is 14.5. The lowest BCUT2D eigenvalue weighted by molar-refractivity contribution is 0.324. The van der Waals surface area contributed by atoms with Crippen molar-refractivity contribution in [2.45, 2.75) is 26.8 Å². The second kappa shape index (κ2) is 7.79. The standard InChI is InChI=1S/C18H24N2O/c1-4-21-18-10-6-8-16(13-18)14-20(3)12-11-17-9-5-7-15(2)19-17/h5-10,13H,4,11-12,14H2,1-3H3. The highest BCUT2D eigenvalue weighted by Crippen LogP contribution is 2.14. The molecule has 0 spiro atoms. The van der Waals surface area contributed by atoms with Crippen molar-refractivity contribution < 1.29 is 4.74 Å². The highest BCUT2D eigenvalue weighted by Gasteiger charge is 2.03. The van der Waals surface area contributed by atoms with E-state index >= 15 is 0 Å². The fourth-order valence-electron chi connectivity index (χ4n) is 2.34. The lowest BCUT2D eigenvalue weighted by atomic mass is 10.2. The third kappa shape index (κ3) is 5.20. The van der Waals surface area contributed by atoms with Crippen LogP contribution in [0.25, 0.3) is 0 Å². The van der Waals surface area contributed by atoms with Gasteiger partial charge in [0.25, 0.3) is 0 Å². The Morgan fingerprint density at radius 2 is 1.95 bits per heavy atom. The van der Waals surface area contributed by atoms with E-state index in [1.807, 2.05) is 26.0 Å². The summed E-state index contributed by atoms with van der Waals surface area (Å²) in [5, 5.41) is 0. The van der Waals surface area contributed by atoms with Gasteiger partial charge in [-0.1, -0.05) is 18.2 Å². The molecule has 0 amide bonds. The van der Waals surface area contributed by atoms with Gasteiger partial charge in [0.15, 0.2) is 0 Å². The second-order valence-corrected chi connectivity index (χ2v) is 5.34. The first-order valence-electron chi connectivity index (χ1n) is 7.50. The number of likely N-dealkylation sites (N-methyl/N-ethyl adjacent to an activating group) is 1. The maximum atomic E-state index is 5.54. The van der Waals surface area contributed by atoms with Crippen molar-refractivity contribution in [1.29, 1.82) is 0 Å². The van der Waals surface area contributed by atoms with Gasteiger partial charge in [0.05, 0.1) is 6.61 Å². The van der Waals surface area contributed by atoms with E-state index in [4.69, 9.17) is 4.74 Å². The topological polar surface area (TPSA) is 25.4 Å². The molecule has 1 aromatic carbocycles. The Hall–Kier alpha value is -1.87. The van der Waals surface area contributed by atoms with Gasteiger partial charge in [-0.05, 0) is 50.7 Å². The summed E-state index contributed by atoms with van der Waals surface area (Å²) in [6.45, 7) is 6.67. The average Bonchev–Trinajstić information content (AvgIpc) is 2.46. The Bertz CT molecular complexity index is 569. The predicted molar refractivity (Wildman–Crippen MR) is 86.6 cm³/mol.